The Hall–Kier alpha value is -7.21. The van der Waals surface area contributed by atoms with Crippen molar-refractivity contribution in [3.63, 3.8) is 0 Å². The van der Waals surface area contributed by atoms with Gasteiger partial charge >= 0.3 is 0 Å². The van der Waals surface area contributed by atoms with Gasteiger partial charge in [0, 0.05) is 16.5 Å². The Balaban J connectivity index is 1.04. The largest absolute Gasteiger partial charge is 0.309 e. The summed E-state index contributed by atoms with van der Waals surface area (Å²) in [5, 5.41) is 7.42. The third-order valence-electron chi connectivity index (χ3n) is 10.6. The minimum absolute atomic E-state index is 0.639. The lowest BCUT2D eigenvalue weighted by Crippen LogP contribution is -1.94. The van der Waals surface area contributed by atoms with Gasteiger partial charge in [0.05, 0.1) is 17.6 Å². The van der Waals surface area contributed by atoms with Crippen molar-refractivity contribution >= 4 is 49.0 Å². The smallest absolute Gasteiger partial charge is 0.195 e. The van der Waals surface area contributed by atoms with Crippen LogP contribution >= 0.6 is 0 Å². The summed E-state index contributed by atoms with van der Waals surface area (Å²) >= 11 is 0. The van der Waals surface area contributed by atoms with Crippen LogP contribution in [0.25, 0.3) is 98.4 Å². The molecule has 246 valence electrons. The summed E-state index contributed by atoms with van der Waals surface area (Å²) < 4.78 is 2.33. The molecule has 10 rings (SSSR count). The van der Waals surface area contributed by atoms with Gasteiger partial charge in [0.15, 0.2) is 5.69 Å². The third-order valence-corrected chi connectivity index (χ3v) is 10.6. The van der Waals surface area contributed by atoms with E-state index in [9.17, 15) is 0 Å². The zero-order valence-corrected chi connectivity index (χ0v) is 28.9. The Morgan fingerprint density at radius 1 is 0.340 bits per heavy atom. The van der Waals surface area contributed by atoms with Gasteiger partial charge in [-0.05, 0) is 96.4 Å². The Morgan fingerprint density at radius 3 is 1.34 bits per heavy atom. The molecule has 0 aliphatic heterocycles. The SMILES string of the molecule is [C-]#[N+]c1cc(-c2cccc(-n3c4ccccc4c4ccccc43)c2)ccc1-c1ccc(-c2c3ccccc3c(-c3ccccc3)c3ccccc23)cc1. The minimum Gasteiger partial charge on any atom is -0.309 e. The minimum atomic E-state index is 0.639. The van der Waals surface area contributed by atoms with E-state index in [1.807, 2.05) is 6.07 Å². The van der Waals surface area contributed by atoms with E-state index in [2.05, 4.69) is 197 Å². The molecule has 2 nitrogen and oxygen atoms in total. The number of aromatic nitrogens is 1. The van der Waals surface area contributed by atoms with Crippen molar-refractivity contribution in [3.8, 4) is 50.2 Å². The summed E-state index contributed by atoms with van der Waals surface area (Å²) in [7, 11) is 0. The van der Waals surface area contributed by atoms with Crippen LogP contribution in [0.15, 0.2) is 194 Å². The molecule has 1 aromatic heterocycles. The van der Waals surface area contributed by atoms with Crippen LogP contribution in [-0.4, -0.2) is 4.57 Å². The van der Waals surface area contributed by atoms with Crippen molar-refractivity contribution in [2.75, 3.05) is 0 Å². The van der Waals surface area contributed by atoms with E-state index in [-0.39, 0.29) is 0 Å². The first-order valence-electron chi connectivity index (χ1n) is 18.0. The molecule has 0 N–H and O–H groups in total. The van der Waals surface area contributed by atoms with Crippen LogP contribution in [0.1, 0.15) is 0 Å². The molecule has 0 spiro atoms. The first kappa shape index (κ1) is 30.6. The van der Waals surface area contributed by atoms with Crippen LogP contribution < -0.4 is 0 Å². The first-order valence-corrected chi connectivity index (χ1v) is 18.0. The van der Waals surface area contributed by atoms with Crippen molar-refractivity contribution in [2.45, 2.75) is 0 Å². The topological polar surface area (TPSA) is 9.29 Å². The van der Waals surface area contributed by atoms with Crippen LogP contribution in [0.5, 0.6) is 0 Å². The predicted molar refractivity (Wildman–Crippen MR) is 224 cm³/mol. The van der Waals surface area contributed by atoms with E-state index in [0.717, 1.165) is 33.5 Å². The van der Waals surface area contributed by atoms with Crippen LogP contribution in [0.4, 0.5) is 5.69 Å². The lowest BCUT2D eigenvalue weighted by atomic mass is 9.85. The lowest BCUT2D eigenvalue weighted by Gasteiger charge is -2.18. The highest BCUT2D eigenvalue weighted by Gasteiger charge is 2.17. The summed E-state index contributed by atoms with van der Waals surface area (Å²) in [6, 6.07) is 69.0. The highest BCUT2D eigenvalue weighted by molar-refractivity contribution is 6.21. The highest BCUT2D eigenvalue weighted by atomic mass is 15.0. The molecule has 0 unspecified atom stereocenters. The van der Waals surface area contributed by atoms with Crippen LogP contribution in [0.3, 0.4) is 0 Å². The zero-order chi connectivity index (χ0) is 35.3. The van der Waals surface area contributed by atoms with Gasteiger partial charge in [0.2, 0.25) is 0 Å². The van der Waals surface area contributed by atoms with Crippen molar-refractivity contribution in [2.24, 2.45) is 0 Å². The van der Waals surface area contributed by atoms with E-state index in [4.69, 9.17) is 6.57 Å². The molecule has 0 amide bonds. The Bertz CT molecular complexity index is 2940. The zero-order valence-electron chi connectivity index (χ0n) is 28.9. The van der Waals surface area contributed by atoms with E-state index in [0.29, 0.717) is 5.69 Å². The van der Waals surface area contributed by atoms with Crippen molar-refractivity contribution < 1.29 is 0 Å². The molecular weight excluding hydrogens is 641 g/mol. The number of hydrogen-bond donors (Lipinski definition) is 0. The van der Waals surface area contributed by atoms with Gasteiger partial charge in [-0.2, -0.15) is 0 Å². The van der Waals surface area contributed by atoms with Gasteiger partial charge in [0.1, 0.15) is 0 Å². The molecule has 10 aromatic rings. The van der Waals surface area contributed by atoms with E-state index in [1.165, 1.54) is 60.0 Å². The number of benzene rings is 9. The molecule has 9 aromatic carbocycles. The summed E-state index contributed by atoms with van der Waals surface area (Å²) in [5.41, 5.74) is 13.0. The summed E-state index contributed by atoms with van der Waals surface area (Å²) in [6.45, 7) is 8.20. The van der Waals surface area contributed by atoms with Crippen molar-refractivity contribution in [3.05, 3.63) is 206 Å². The van der Waals surface area contributed by atoms with Gasteiger partial charge in [-0.15, -0.1) is 0 Å². The second-order valence-electron chi connectivity index (χ2n) is 13.5. The Morgan fingerprint density at radius 2 is 0.774 bits per heavy atom. The molecule has 0 aliphatic carbocycles. The fourth-order valence-corrected chi connectivity index (χ4v) is 8.24. The Labute approximate surface area is 308 Å². The van der Waals surface area contributed by atoms with E-state index in [1.54, 1.807) is 0 Å². The van der Waals surface area contributed by atoms with Gasteiger partial charge in [-0.25, -0.2) is 4.85 Å². The van der Waals surface area contributed by atoms with Crippen LogP contribution in [-0.2, 0) is 0 Å². The maximum Gasteiger partial charge on any atom is 0.195 e. The summed E-state index contributed by atoms with van der Waals surface area (Å²) in [5.74, 6) is 0. The molecule has 53 heavy (non-hydrogen) atoms. The van der Waals surface area contributed by atoms with Crippen molar-refractivity contribution in [1.82, 2.24) is 4.57 Å². The van der Waals surface area contributed by atoms with Gasteiger partial charge in [-0.1, -0.05) is 164 Å². The average Bonchev–Trinajstić information content (AvgIpc) is 3.57. The molecule has 0 saturated heterocycles. The normalized spacial score (nSPS) is 11.4. The van der Waals surface area contributed by atoms with Gasteiger partial charge in [0.25, 0.3) is 0 Å². The molecule has 0 aliphatic rings. The molecule has 0 radical (unpaired) electrons. The number of nitrogens with zero attached hydrogens (tertiary/aromatic N) is 2. The van der Waals surface area contributed by atoms with Crippen LogP contribution in [0.2, 0.25) is 0 Å². The average molecular weight is 673 g/mol. The Kier molecular flexibility index (Phi) is 7.23. The summed E-state index contributed by atoms with van der Waals surface area (Å²) in [6.07, 6.45) is 0. The van der Waals surface area contributed by atoms with E-state index < -0.39 is 0 Å². The predicted octanol–water partition coefficient (Wildman–Crippen LogP) is 14.3. The molecule has 0 saturated carbocycles. The molecular formula is C51H32N2. The van der Waals surface area contributed by atoms with Crippen LogP contribution in [0, 0.1) is 6.57 Å². The quantitative estimate of drug-likeness (QED) is 0.127. The molecule has 1 heterocycles. The maximum atomic E-state index is 8.20. The second-order valence-corrected chi connectivity index (χ2v) is 13.5. The monoisotopic (exact) mass is 672 g/mol. The van der Waals surface area contributed by atoms with Crippen molar-refractivity contribution in [1.29, 1.82) is 0 Å². The lowest BCUT2D eigenvalue weighted by molar-refractivity contribution is 1.18. The standard InChI is InChI=1S/C51H32N2/c1-52-47-33-38(37-16-13-17-39(32-37)53-48-24-11-9-18-41(48)42-19-10-12-25-49(42)53)30-31-40(47)34-26-28-36(29-27-34)51-45-22-7-5-20-43(45)50(35-14-3-2-4-15-35)44-21-6-8-23-46(44)51/h2-33H. The number of hydrogen-bond acceptors (Lipinski definition) is 0. The molecule has 2 heteroatoms. The third kappa shape index (κ3) is 5.02. The molecule has 0 bridgehead atoms. The van der Waals surface area contributed by atoms with Gasteiger partial charge < -0.3 is 4.57 Å². The maximum absolute atomic E-state index is 8.20. The number of para-hydroxylation sites is 2. The summed E-state index contributed by atoms with van der Waals surface area (Å²) in [4.78, 5) is 4.03. The second kappa shape index (κ2) is 12.5. The number of fused-ring (bicyclic) bond motifs is 5. The van der Waals surface area contributed by atoms with Gasteiger partial charge in [-0.3, -0.25) is 0 Å². The number of rotatable bonds is 5. The fraction of sp³-hybridized carbons (Fsp3) is 0. The molecule has 0 atom stereocenters. The fourth-order valence-electron chi connectivity index (χ4n) is 8.24. The molecule has 0 fully saturated rings. The first-order chi connectivity index (χ1) is 26.3. The van der Waals surface area contributed by atoms with E-state index >= 15 is 0 Å². The highest BCUT2D eigenvalue weighted by Crippen LogP contribution is 2.44.